The Morgan fingerprint density at radius 2 is 0.800 bits per heavy atom. The van der Waals surface area contributed by atoms with Gasteiger partial charge in [0.15, 0.2) is 18.9 Å². The predicted octanol–water partition coefficient (Wildman–Crippen LogP) is -1.51. The third kappa shape index (κ3) is 35.6. The second-order valence-corrected chi connectivity index (χ2v) is 26.3. The lowest BCUT2D eigenvalue weighted by atomic mass is 9.92. The molecule has 578 valence electrons. The molecule has 32 heteroatoms. The van der Waals surface area contributed by atoms with E-state index in [1.54, 1.807) is 18.7 Å². The van der Waals surface area contributed by atoms with Crippen molar-refractivity contribution in [2.45, 2.75) is 267 Å². The molecule has 3 fully saturated rings. The average molecular weight is 1440 g/mol. The zero-order chi connectivity index (χ0) is 73.8. The van der Waals surface area contributed by atoms with Gasteiger partial charge in [0.05, 0.1) is 57.8 Å². The first kappa shape index (κ1) is 89.4. The summed E-state index contributed by atoms with van der Waals surface area (Å²) in [5.41, 5.74) is 0. The van der Waals surface area contributed by atoms with Crippen LogP contribution in [-0.4, -0.2) is 289 Å². The summed E-state index contributed by atoms with van der Waals surface area (Å²) in [4.78, 5) is 119. The molecule has 3 aliphatic rings. The van der Waals surface area contributed by atoms with Gasteiger partial charge in [-0.25, -0.2) is 0 Å². The molecule has 0 aliphatic carbocycles. The van der Waals surface area contributed by atoms with Gasteiger partial charge < -0.3 is 111 Å². The Kier molecular flexibility index (Phi) is 46.6. The van der Waals surface area contributed by atoms with E-state index in [4.69, 9.17) is 33.2 Å². The highest BCUT2D eigenvalue weighted by Crippen LogP contribution is 2.29. The third-order valence-electron chi connectivity index (χ3n) is 18.0. The van der Waals surface area contributed by atoms with Crippen molar-refractivity contribution in [1.29, 1.82) is 0 Å². The molecule has 0 radical (unpaired) electrons. The topological polar surface area (TPSA) is 476 Å². The number of aliphatic hydroxyl groups is 9. The van der Waals surface area contributed by atoms with Gasteiger partial charge in [-0.05, 0) is 89.9 Å². The molecule has 3 rings (SSSR count). The van der Waals surface area contributed by atoms with Gasteiger partial charge in [0.2, 0.25) is 35.4 Å². The highest BCUT2D eigenvalue weighted by molar-refractivity contribution is 5.88. The minimum atomic E-state index is -1.45. The van der Waals surface area contributed by atoms with Crippen LogP contribution in [0.4, 0.5) is 0 Å². The Labute approximate surface area is 588 Å². The lowest BCUT2D eigenvalue weighted by Gasteiger charge is -2.42. The van der Waals surface area contributed by atoms with E-state index >= 15 is 0 Å². The summed E-state index contributed by atoms with van der Waals surface area (Å²) in [6.07, 6.45) is -3.96. The van der Waals surface area contributed by atoms with Crippen LogP contribution in [0.15, 0.2) is 0 Å². The Morgan fingerprint density at radius 1 is 0.400 bits per heavy atom. The molecular weight excluding hydrogens is 1310 g/mol. The van der Waals surface area contributed by atoms with Crippen LogP contribution in [0.5, 0.6) is 0 Å². The molecule has 7 unspecified atom stereocenters. The predicted molar refractivity (Wildman–Crippen MR) is 360 cm³/mol. The summed E-state index contributed by atoms with van der Waals surface area (Å²) in [6, 6.07) is -1.99. The van der Waals surface area contributed by atoms with Gasteiger partial charge in [0.25, 0.3) is 0 Å². The van der Waals surface area contributed by atoms with Crippen LogP contribution < -0.4 is 31.9 Å². The molecule has 3 heterocycles. The smallest absolute Gasteiger partial charge is 0.234 e. The Morgan fingerprint density at radius 3 is 1.27 bits per heavy atom. The first-order valence-electron chi connectivity index (χ1n) is 36.1. The number of aliphatic hydroxyl groups excluding tert-OH is 9. The van der Waals surface area contributed by atoms with E-state index in [1.807, 2.05) is 0 Å². The number of nitrogens with zero attached hydrogens (tertiary/aromatic N) is 1. The van der Waals surface area contributed by atoms with Crippen LogP contribution in [-0.2, 0) is 76.3 Å². The van der Waals surface area contributed by atoms with E-state index in [-0.39, 0.29) is 164 Å². The minimum absolute atomic E-state index is 0.00176. The number of Topliss-reactive ketones (excluding diaryl/α,β-unsaturated/α-hetero) is 3. The molecule has 16 atom stereocenters. The molecular formula is C68H121N7O25. The Hall–Kier alpha value is -4.85. The second kappa shape index (κ2) is 52.2. The zero-order valence-corrected chi connectivity index (χ0v) is 59.3. The normalized spacial score (nSPS) is 25.6. The number of rotatable bonds is 56. The van der Waals surface area contributed by atoms with Crippen molar-refractivity contribution in [3.63, 3.8) is 0 Å². The second-order valence-electron chi connectivity index (χ2n) is 26.3. The molecule has 6 amide bonds. The van der Waals surface area contributed by atoms with Crippen molar-refractivity contribution in [2.75, 3.05) is 99.2 Å². The van der Waals surface area contributed by atoms with Crippen LogP contribution >= 0.6 is 0 Å². The van der Waals surface area contributed by atoms with Gasteiger partial charge in [-0.2, -0.15) is 0 Å². The molecule has 0 bridgehead atoms. The SMILES string of the molecule is COCCC(=O)CCCC(=O)NCCCCC(C(=O)CCCCNC(=O)CCCCCO[C@@H]1OC(CO)[C@H](O)[C@H](O)C1C)N(CC(=O)CCCNC(=O)CCCCCO[C@@H]1OC(CO)[C@H](O)[C@H](O)C1NC(C)=O)CC(=O)NCCCNC(=O)CCCCCO[C@@H]1OC(CO)[C@H](O)[C@H](O)C1C. The maximum atomic E-state index is 14.4. The summed E-state index contributed by atoms with van der Waals surface area (Å²) in [6.45, 7) is 4.58. The van der Waals surface area contributed by atoms with E-state index in [9.17, 15) is 89.1 Å². The van der Waals surface area contributed by atoms with E-state index in [0.717, 1.165) is 0 Å². The zero-order valence-electron chi connectivity index (χ0n) is 59.3. The lowest BCUT2D eigenvalue weighted by Crippen LogP contribution is -2.64. The van der Waals surface area contributed by atoms with Crippen LogP contribution in [0.1, 0.15) is 181 Å². The van der Waals surface area contributed by atoms with E-state index < -0.39 is 129 Å². The van der Waals surface area contributed by atoms with E-state index in [2.05, 4.69) is 31.9 Å². The summed E-state index contributed by atoms with van der Waals surface area (Å²) in [5.74, 6) is -3.36. The van der Waals surface area contributed by atoms with Gasteiger partial charge in [0, 0.05) is 130 Å². The lowest BCUT2D eigenvalue weighted by molar-refractivity contribution is -0.282. The number of hydrogen-bond acceptors (Lipinski definition) is 26. The molecule has 0 aromatic rings. The molecule has 3 aliphatic heterocycles. The molecule has 0 aromatic carbocycles. The van der Waals surface area contributed by atoms with Gasteiger partial charge in [-0.1, -0.05) is 33.1 Å². The number of methoxy groups -OCH3 is 1. The molecule has 0 aromatic heterocycles. The fourth-order valence-corrected chi connectivity index (χ4v) is 11.8. The number of carbonyl (C=O) groups excluding carboxylic acids is 9. The fourth-order valence-electron chi connectivity index (χ4n) is 11.8. The van der Waals surface area contributed by atoms with Gasteiger partial charge in [-0.15, -0.1) is 0 Å². The number of amides is 6. The Bertz CT molecular complexity index is 2370. The van der Waals surface area contributed by atoms with Crippen molar-refractivity contribution in [2.24, 2.45) is 11.8 Å². The maximum Gasteiger partial charge on any atom is 0.234 e. The van der Waals surface area contributed by atoms with Crippen molar-refractivity contribution in [1.82, 2.24) is 36.8 Å². The third-order valence-corrected chi connectivity index (χ3v) is 18.0. The van der Waals surface area contributed by atoms with E-state index in [0.29, 0.717) is 109 Å². The molecule has 3 saturated heterocycles. The maximum absolute atomic E-state index is 14.4. The fraction of sp³-hybridized carbons (Fsp3) is 0.868. The summed E-state index contributed by atoms with van der Waals surface area (Å²) in [5, 5.41) is 107. The van der Waals surface area contributed by atoms with E-state index in [1.165, 1.54) is 14.0 Å². The van der Waals surface area contributed by atoms with Crippen LogP contribution in [0.25, 0.3) is 0 Å². The number of unbranched alkanes of at least 4 members (excludes halogenated alkanes) is 8. The number of carbonyl (C=O) groups is 9. The average Bonchev–Trinajstić information content (AvgIpc) is 0.812. The largest absolute Gasteiger partial charge is 0.394 e. The summed E-state index contributed by atoms with van der Waals surface area (Å²) in [7, 11) is 1.51. The van der Waals surface area contributed by atoms with Crippen molar-refractivity contribution >= 4 is 52.8 Å². The standard InChI is InChI=1S/C68H121N7O25/c1-44-60(88)62(90)51(41-76)98-66(44)95-35-15-5-8-25-54(83)69-31-14-12-24-50(82)49(23-11-13-30-70-57(86)28-18-21-47(80)29-38-94-4)75(40-58(87)73-34-20-33-72-56(85)27-9-6-16-36-96-67-45(2)61(89)63(91)52(42-77)99-67)39-48(81)22-19-32-71-55(84)26-10-7-17-37-97-68-59(74-46(3)79)65(93)64(92)53(43-78)100-68/h44-45,49,51-53,59-68,76-78,88-93H,5-43H2,1-4H3,(H,69,83)(H,70,86)(H,71,84)(H,72,85)(H,73,87)(H,74,79)/t44?,45?,49?,51?,52?,53?,59?,60-,61-,62+,63+,64+,65-,66-,67-,68-/m1/s1. The van der Waals surface area contributed by atoms with Crippen molar-refractivity contribution in [3.8, 4) is 0 Å². The number of ether oxygens (including phenoxy) is 7. The summed E-state index contributed by atoms with van der Waals surface area (Å²) < 4.78 is 39.0. The van der Waals surface area contributed by atoms with Crippen LogP contribution in [0, 0.1) is 11.8 Å². The minimum Gasteiger partial charge on any atom is -0.394 e. The van der Waals surface area contributed by atoms with Gasteiger partial charge in [0.1, 0.15) is 66.1 Å². The number of hydrogen-bond donors (Lipinski definition) is 15. The van der Waals surface area contributed by atoms with Gasteiger partial charge in [-0.3, -0.25) is 48.1 Å². The van der Waals surface area contributed by atoms with Gasteiger partial charge >= 0.3 is 0 Å². The monoisotopic (exact) mass is 1440 g/mol. The van der Waals surface area contributed by atoms with Crippen molar-refractivity contribution < 1.29 is 122 Å². The quantitative estimate of drug-likeness (QED) is 0.0308. The molecule has 15 N–H and O–H groups in total. The molecule has 0 spiro atoms. The molecule has 32 nitrogen and oxygen atoms in total. The Balaban J connectivity index is 1.58. The number of ketones is 3. The molecule has 0 saturated carbocycles. The highest BCUT2D eigenvalue weighted by Gasteiger charge is 2.46. The first-order valence-corrected chi connectivity index (χ1v) is 36.1. The van der Waals surface area contributed by atoms with Crippen LogP contribution in [0.2, 0.25) is 0 Å². The first-order chi connectivity index (χ1) is 48.0. The van der Waals surface area contributed by atoms with Crippen LogP contribution in [0.3, 0.4) is 0 Å². The number of nitrogens with one attached hydrogen (secondary N) is 6. The summed E-state index contributed by atoms with van der Waals surface area (Å²) >= 11 is 0. The highest BCUT2D eigenvalue weighted by atomic mass is 16.7. The van der Waals surface area contributed by atoms with Crippen molar-refractivity contribution in [3.05, 3.63) is 0 Å². The molecule has 100 heavy (non-hydrogen) atoms.